The van der Waals surface area contributed by atoms with Gasteiger partial charge in [-0.2, -0.15) is 0 Å². The number of hydrogen-bond donors (Lipinski definition) is 1. The summed E-state index contributed by atoms with van der Waals surface area (Å²) in [6.45, 7) is 1.96. The quantitative estimate of drug-likeness (QED) is 0.739. The predicted octanol–water partition coefficient (Wildman–Crippen LogP) is 3.77. The monoisotopic (exact) mass is 331 g/mol. The molecule has 0 radical (unpaired) electrons. The molecule has 4 rings (SSSR count). The Labute approximate surface area is 145 Å². The number of fused-ring (bicyclic) bond motifs is 1. The average Bonchev–Trinajstić information content (AvgIpc) is 3.46. The van der Waals surface area contributed by atoms with E-state index in [-0.39, 0.29) is 11.8 Å². The van der Waals surface area contributed by atoms with Crippen LogP contribution in [-0.4, -0.2) is 22.2 Å². The second kappa shape index (κ2) is 6.09. The summed E-state index contributed by atoms with van der Waals surface area (Å²) < 4.78 is 0. The third-order valence-electron chi connectivity index (χ3n) is 4.48. The van der Waals surface area contributed by atoms with E-state index >= 15 is 0 Å². The summed E-state index contributed by atoms with van der Waals surface area (Å²) in [7, 11) is 0. The molecule has 1 amide bonds. The van der Waals surface area contributed by atoms with Crippen molar-refractivity contribution in [3.05, 3.63) is 54.0 Å². The fraction of sp³-hybridized carbons (Fsp3) is 0.200. The number of benzene rings is 1. The van der Waals surface area contributed by atoms with Gasteiger partial charge in [-0.3, -0.25) is 14.6 Å². The van der Waals surface area contributed by atoms with Crippen molar-refractivity contribution in [2.45, 2.75) is 19.8 Å². The van der Waals surface area contributed by atoms with Crippen LogP contribution >= 0.6 is 0 Å². The maximum atomic E-state index is 11.9. The van der Waals surface area contributed by atoms with Crippen LogP contribution in [0.4, 0.5) is 5.82 Å². The highest BCUT2D eigenvalue weighted by Crippen LogP contribution is 2.31. The molecule has 1 saturated carbocycles. The zero-order chi connectivity index (χ0) is 17.4. The minimum Gasteiger partial charge on any atom is -0.310 e. The molecule has 0 saturated heterocycles. The predicted molar refractivity (Wildman–Crippen MR) is 96.5 cm³/mol. The molecule has 5 nitrogen and oxygen atoms in total. The maximum absolute atomic E-state index is 11.9. The number of amides is 1. The van der Waals surface area contributed by atoms with Gasteiger partial charge in [-0.1, -0.05) is 12.1 Å². The second-order valence-corrected chi connectivity index (χ2v) is 6.44. The molecule has 0 aliphatic heterocycles. The van der Waals surface area contributed by atoms with Gasteiger partial charge in [0.25, 0.3) is 0 Å². The van der Waals surface area contributed by atoms with E-state index in [2.05, 4.69) is 15.3 Å². The number of nitrogens with zero attached hydrogens (tertiary/aromatic N) is 2. The Morgan fingerprint density at radius 1 is 1.12 bits per heavy atom. The third kappa shape index (κ3) is 3.13. The Balaban J connectivity index is 1.66. The number of aromatic nitrogens is 2. The van der Waals surface area contributed by atoms with Crippen LogP contribution in [-0.2, 0) is 4.79 Å². The number of pyridine rings is 2. The number of rotatable bonds is 4. The number of hydrogen-bond acceptors (Lipinski definition) is 4. The van der Waals surface area contributed by atoms with Crippen LogP contribution in [0.5, 0.6) is 0 Å². The number of aldehydes is 1. The molecule has 1 fully saturated rings. The van der Waals surface area contributed by atoms with Gasteiger partial charge in [0, 0.05) is 29.3 Å². The lowest BCUT2D eigenvalue weighted by atomic mass is 10.00. The SMILES string of the molecule is Cc1cc(C=O)ncc1-c1ccc2cc(NC(=O)C3CC3)ncc2c1. The first-order valence-electron chi connectivity index (χ1n) is 8.27. The van der Waals surface area contributed by atoms with Crippen molar-refractivity contribution in [3.8, 4) is 11.1 Å². The van der Waals surface area contributed by atoms with Crippen LogP contribution in [0, 0.1) is 12.8 Å². The first-order chi connectivity index (χ1) is 12.1. The van der Waals surface area contributed by atoms with E-state index in [4.69, 9.17) is 0 Å². The highest BCUT2D eigenvalue weighted by atomic mass is 16.2. The number of carbonyl (C=O) groups is 2. The minimum atomic E-state index is 0.0560. The van der Waals surface area contributed by atoms with Crippen LogP contribution in [0.25, 0.3) is 21.9 Å². The van der Waals surface area contributed by atoms with Crippen LogP contribution < -0.4 is 5.32 Å². The topological polar surface area (TPSA) is 72.0 Å². The summed E-state index contributed by atoms with van der Waals surface area (Å²) in [5, 5.41) is 4.87. The van der Waals surface area contributed by atoms with E-state index in [0.717, 1.165) is 46.6 Å². The Morgan fingerprint density at radius 2 is 1.96 bits per heavy atom. The van der Waals surface area contributed by atoms with Crippen molar-refractivity contribution in [2.24, 2.45) is 5.92 Å². The van der Waals surface area contributed by atoms with E-state index < -0.39 is 0 Å². The van der Waals surface area contributed by atoms with Gasteiger partial charge in [0.2, 0.25) is 5.91 Å². The molecule has 124 valence electrons. The highest BCUT2D eigenvalue weighted by Gasteiger charge is 2.29. The fourth-order valence-corrected chi connectivity index (χ4v) is 2.90. The van der Waals surface area contributed by atoms with Crippen molar-refractivity contribution >= 4 is 28.8 Å². The maximum Gasteiger partial charge on any atom is 0.228 e. The van der Waals surface area contributed by atoms with Gasteiger partial charge in [-0.25, -0.2) is 4.98 Å². The van der Waals surface area contributed by atoms with Crippen LogP contribution in [0.2, 0.25) is 0 Å². The van der Waals surface area contributed by atoms with Gasteiger partial charge in [0.05, 0.1) is 0 Å². The fourth-order valence-electron chi connectivity index (χ4n) is 2.90. The van der Waals surface area contributed by atoms with Gasteiger partial charge in [0.15, 0.2) is 6.29 Å². The summed E-state index contributed by atoms with van der Waals surface area (Å²) in [5.74, 6) is 0.801. The van der Waals surface area contributed by atoms with Crippen molar-refractivity contribution in [3.63, 3.8) is 0 Å². The molecular formula is C20H17N3O2. The number of anilines is 1. The van der Waals surface area contributed by atoms with Crippen LogP contribution in [0.1, 0.15) is 28.9 Å². The Hall–Kier alpha value is -3.08. The molecule has 5 heteroatoms. The molecule has 1 aromatic carbocycles. The van der Waals surface area contributed by atoms with Crippen molar-refractivity contribution in [2.75, 3.05) is 5.32 Å². The molecule has 0 bridgehead atoms. The smallest absolute Gasteiger partial charge is 0.228 e. The molecular weight excluding hydrogens is 314 g/mol. The number of aryl methyl sites for hydroxylation is 1. The van der Waals surface area contributed by atoms with E-state index in [1.165, 1.54) is 0 Å². The molecule has 25 heavy (non-hydrogen) atoms. The summed E-state index contributed by atoms with van der Waals surface area (Å²) in [4.78, 5) is 31.2. The summed E-state index contributed by atoms with van der Waals surface area (Å²) in [6, 6.07) is 9.73. The first-order valence-corrected chi connectivity index (χ1v) is 8.27. The minimum absolute atomic E-state index is 0.0560. The zero-order valence-electron chi connectivity index (χ0n) is 13.8. The van der Waals surface area contributed by atoms with Gasteiger partial charge in [-0.15, -0.1) is 0 Å². The van der Waals surface area contributed by atoms with Gasteiger partial charge < -0.3 is 5.32 Å². The second-order valence-electron chi connectivity index (χ2n) is 6.44. The molecule has 0 unspecified atom stereocenters. The lowest BCUT2D eigenvalue weighted by Crippen LogP contribution is -2.14. The lowest BCUT2D eigenvalue weighted by molar-refractivity contribution is -0.117. The molecule has 2 heterocycles. The number of carbonyl (C=O) groups excluding carboxylic acids is 2. The zero-order valence-corrected chi connectivity index (χ0v) is 13.8. The third-order valence-corrected chi connectivity index (χ3v) is 4.48. The number of nitrogens with one attached hydrogen (secondary N) is 1. The Bertz CT molecular complexity index is 993. The summed E-state index contributed by atoms with van der Waals surface area (Å²) in [5.41, 5.74) is 3.43. The van der Waals surface area contributed by atoms with E-state index in [1.807, 2.05) is 31.2 Å². The molecule has 0 atom stereocenters. The molecule has 2 aromatic heterocycles. The average molecular weight is 331 g/mol. The van der Waals surface area contributed by atoms with Gasteiger partial charge in [-0.05, 0) is 54.5 Å². The van der Waals surface area contributed by atoms with Crippen molar-refractivity contribution in [1.29, 1.82) is 0 Å². The molecule has 3 aromatic rings. The Morgan fingerprint density at radius 3 is 2.68 bits per heavy atom. The standard InChI is InChI=1S/C20H17N3O2/c1-12-6-17(11-24)21-10-18(12)15-5-4-14-8-19(22-9-16(14)7-15)23-20(25)13-2-3-13/h4-11,13H,2-3H2,1H3,(H,22,23,25). The molecule has 1 aliphatic rings. The van der Waals surface area contributed by atoms with Crippen molar-refractivity contribution in [1.82, 2.24) is 9.97 Å². The van der Waals surface area contributed by atoms with Gasteiger partial charge in [0.1, 0.15) is 11.5 Å². The first kappa shape index (κ1) is 15.4. The molecule has 0 spiro atoms. The van der Waals surface area contributed by atoms with E-state index in [0.29, 0.717) is 11.5 Å². The Kier molecular flexibility index (Phi) is 3.76. The summed E-state index contributed by atoms with van der Waals surface area (Å²) in [6.07, 6.45) is 6.18. The van der Waals surface area contributed by atoms with Crippen LogP contribution in [0.15, 0.2) is 42.7 Å². The van der Waals surface area contributed by atoms with Crippen molar-refractivity contribution < 1.29 is 9.59 Å². The highest BCUT2D eigenvalue weighted by molar-refractivity contribution is 5.96. The van der Waals surface area contributed by atoms with Crippen LogP contribution in [0.3, 0.4) is 0 Å². The normalized spacial score (nSPS) is 13.6. The van der Waals surface area contributed by atoms with E-state index in [9.17, 15) is 9.59 Å². The summed E-state index contributed by atoms with van der Waals surface area (Å²) >= 11 is 0. The largest absolute Gasteiger partial charge is 0.310 e. The molecule has 1 aliphatic carbocycles. The molecule has 1 N–H and O–H groups in total. The van der Waals surface area contributed by atoms with Gasteiger partial charge >= 0.3 is 0 Å². The van der Waals surface area contributed by atoms with E-state index in [1.54, 1.807) is 18.5 Å². The lowest BCUT2D eigenvalue weighted by Gasteiger charge is -2.09.